The van der Waals surface area contributed by atoms with Gasteiger partial charge < -0.3 is 4.57 Å². The van der Waals surface area contributed by atoms with Crippen molar-refractivity contribution < 1.29 is 9.18 Å². The number of benzene rings is 3. The molecule has 0 atom stereocenters. The molecular weight excluding hydrogens is 498 g/mol. The number of hydrogen-bond donors (Lipinski definition) is 0. The van der Waals surface area contributed by atoms with Crippen molar-refractivity contribution in [2.75, 3.05) is 4.90 Å². The molecular formula is C25H15Cl2FN2OS2. The van der Waals surface area contributed by atoms with E-state index < -0.39 is 5.82 Å². The largest absolute Gasteiger partial charge is 0.342 e. The zero-order valence-electron chi connectivity index (χ0n) is 17.0. The van der Waals surface area contributed by atoms with Crippen molar-refractivity contribution in [3.05, 3.63) is 105 Å². The molecule has 1 aromatic heterocycles. The van der Waals surface area contributed by atoms with Gasteiger partial charge in [-0.15, -0.1) is 0 Å². The van der Waals surface area contributed by atoms with E-state index in [-0.39, 0.29) is 11.6 Å². The Morgan fingerprint density at radius 1 is 0.970 bits per heavy atom. The number of amides is 1. The van der Waals surface area contributed by atoms with Gasteiger partial charge in [-0.1, -0.05) is 83.6 Å². The quantitative estimate of drug-likeness (QED) is 0.208. The molecule has 0 spiro atoms. The Hall–Kier alpha value is -2.64. The van der Waals surface area contributed by atoms with Crippen LogP contribution in [0.25, 0.3) is 17.0 Å². The van der Waals surface area contributed by atoms with Crippen LogP contribution in [0.3, 0.4) is 0 Å². The molecule has 1 fully saturated rings. The van der Waals surface area contributed by atoms with Crippen molar-refractivity contribution in [3.63, 3.8) is 0 Å². The predicted molar refractivity (Wildman–Crippen MR) is 140 cm³/mol. The number of carbonyl (C=O) groups excluding carboxylic acids is 1. The fourth-order valence-electron chi connectivity index (χ4n) is 3.82. The van der Waals surface area contributed by atoms with Gasteiger partial charge in [-0.2, -0.15) is 0 Å². The van der Waals surface area contributed by atoms with Gasteiger partial charge in [-0.25, -0.2) is 4.39 Å². The Kier molecular flexibility index (Phi) is 6.01. The van der Waals surface area contributed by atoms with Crippen LogP contribution in [-0.2, 0) is 11.3 Å². The van der Waals surface area contributed by atoms with E-state index in [1.165, 1.54) is 11.0 Å². The van der Waals surface area contributed by atoms with Crippen molar-refractivity contribution in [1.29, 1.82) is 0 Å². The van der Waals surface area contributed by atoms with Crippen LogP contribution in [0.5, 0.6) is 0 Å². The molecule has 3 aromatic carbocycles. The number of hydrogen-bond acceptors (Lipinski definition) is 3. The molecule has 0 saturated carbocycles. The van der Waals surface area contributed by atoms with Gasteiger partial charge in [-0.05, 0) is 36.4 Å². The van der Waals surface area contributed by atoms with Crippen LogP contribution >= 0.6 is 47.2 Å². The summed E-state index contributed by atoms with van der Waals surface area (Å²) >= 11 is 19.3. The molecule has 0 bridgehead atoms. The summed E-state index contributed by atoms with van der Waals surface area (Å²) in [6.07, 6.45) is 3.76. The molecule has 1 amide bonds. The standard InChI is InChI=1S/C25H15Cl2FN2OS2/c26-18-7-5-8-19(27)17(18)14-29-13-15(16-6-1-3-10-21(16)29)12-23-24(31)30(25(32)33-23)22-11-4-2-9-20(22)28/h1-13H,14H2/b23-12+. The predicted octanol–water partition coefficient (Wildman–Crippen LogP) is 7.54. The smallest absolute Gasteiger partial charge is 0.270 e. The lowest BCUT2D eigenvalue weighted by molar-refractivity contribution is -0.113. The molecule has 164 valence electrons. The van der Waals surface area contributed by atoms with E-state index in [0.29, 0.717) is 25.8 Å². The number of rotatable bonds is 4. The van der Waals surface area contributed by atoms with Gasteiger partial charge in [0.1, 0.15) is 5.82 Å². The maximum Gasteiger partial charge on any atom is 0.270 e. The molecule has 4 aromatic rings. The summed E-state index contributed by atoms with van der Waals surface area (Å²) in [5.74, 6) is -0.843. The maximum atomic E-state index is 14.3. The van der Waals surface area contributed by atoms with Gasteiger partial charge in [0.25, 0.3) is 5.91 Å². The zero-order valence-corrected chi connectivity index (χ0v) is 20.1. The molecule has 8 heteroatoms. The summed E-state index contributed by atoms with van der Waals surface area (Å²) in [6.45, 7) is 0.475. The van der Waals surface area contributed by atoms with Crippen LogP contribution in [0, 0.1) is 5.82 Å². The second-order valence-electron chi connectivity index (χ2n) is 7.40. The van der Waals surface area contributed by atoms with E-state index in [0.717, 1.165) is 33.8 Å². The minimum atomic E-state index is -0.497. The number of nitrogens with zero attached hydrogens (tertiary/aromatic N) is 2. The second-order valence-corrected chi connectivity index (χ2v) is 9.89. The van der Waals surface area contributed by atoms with Crippen molar-refractivity contribution in [3.8, 4) is 0 Å². The number of aromatic nitrogens is 1. The number of thiocarbonyl (C=S) groups is 1. The minimum absolute atomic E-state index is 0.152. The number of para-hydroxylation sites is 2. The lowest BCUT2D eigenvalue weighted by Crippen LogP contribution is -2.28. The van der Waals surface area contributed by atoms with Gasteiger partial charge in [0.2, 0.25) is 0 Å². The van der Waals surface area contributed by atoms with Crippen LogP contribution < -0.4 is 4.90 Å². The average molecular weight is 513 g/mol. The molecule has 33 heavy (non-hydrogen) atoms. The van der Waals surface area contributed by atoms with Gasteiger partial charge >= 0.3 is 0 Å². The zero-order chi connectivity index (χ0) is 23.1. The maximum absolute atomic E-state index is 14.3. The average Bonchev–Trinajstić information content (AvgIpc) is 3.28. The van der Waals surface area contributed by atoms with Crippen molar-refractivity contribution in [2.24, 2.45) is 0 Å². The van der Waals surface area contributed by atoms with Crippen molar-refractivity contribution in [1.82, 2.24) is 4.57 Å². The van der Waals surface area contributed by atoms with E-state index in [1.807, 2.05) is 53.2 Å². The van der Waals surface area contributed by atoms with Crippen LogP contribution in [-0.4, -0.2) is 14.8 Å². The molecule has 0 radical (unpaired) electrons. The molecule has 1 aliphatic heterocycles. The molecule has 0 N–H and O–H groups in total. The Morgan fingerprint density at radius 2 is 1.67 bits per heavy atom. The summed E-state index contributed by atoms with van der Waals surface area (Å²) in [7, 11) is 0. The highest BCUT2D eigenvalue weighted by molar-refractivity contribution is 8.27. The fourth-order valence-corrected chi connectivity index (χ4v) is 5.62. The van der Waals surface area contributed by atoms with E-state index in [1.54, 1.807) is 24.3 Å². The lowest BCUT2D eigenvalue weighted by atomic mass is 10.1. The van der Waals surface area contributed by atoms with Gasteiger partial charge in [0.15, 0.2) is 4.32 Å². The molecule has 1 saturated heterocycles. The molecule has 3 nitrogen and oxygen atoms in total. The number of halogens is 3. The first-order valence-corrected chi connectivity index (χ1v) is 12.0. The summed E-state index contributed by atoms with van der Waals surface area (Å²) in [5, 5.41) is 2.15. The molecule has 2 heterocycles. The monoisotopic (exact) mass is 512 g/mol. The Bertz CT molecular complexity index is 1440. The third-order valence-corrected chi connectivity index (χ3v) is 7.39. The second kappa shape index (κ2) is 8.95. The van der Waals surface area contributed by atoms with Gasteiger partial charge in [0, 0.05) is 38.3 Å². The van der Waals surface area contributed by atoms with E-state index in [2.05, 4.69) is 0 Å². The molecule has 0 aliphatic carbocycles. The molecule has 5 rings (SSSR count). The van der Waals surface area contributed by atoms with Crippen LogP contribution in [0.1, 0.15) is 11.1 Å². The number of anilines is 1. The highest BCUT2D eigenvalue weighted by atomic mass is 35.5. The Balaban J connectivity index is 1.56. The van der Waals surface area contributed by atoms with Crippen molar-refractivity contribution in [2.45, 2.75) is 6.54 Å². The van der Waals surface area contributed by atoms with Gasteiger partial charge in [0.05, 0.1) is 17.1 Å². The fraction of sp³-hybridized carbons (Fsp3) is 0.0400. The molecule has 0 unspecified atom stereocenters. The number of fused-ring (bicyclic) bond motifs is 1. The SMILES string of the molecule is O=C1/C(=C\c2cn(Cc3c(Cl)cccc3Cl)c3ccccc23)SC(=S)N1c1ccccc1F. The van der Waals surface area contributed by atoms with Gasteiger partial charge in [-0.3, -0.25) is 9.69 Å². The summed E-state index contributed by atoms with van der Waals surface area (Å²) < 4.78 is 16.7. The normalized spacial score (nSPS) is 15.2. The Labute approximate surface area is 209 Å². The summed E-state index contributed by atoms with van der Waals surface area (Å²) in [5.41, 5.74) is 2.80. The number of carbonyl (C=O) groups is 1. The molecule has 1 aliphatic rings. The topological polar surface area (TPSA) is 25.2 Å². The third-order valence-electron chi connectivity index (χ3n) is 5.38. The first-order chi connectivity index (χ1) is 15.9. The van der Waals surface area contributed by atoms with Crippen molar-refractivity contribution >= 4 is 80.1 Å². The highest BCUT2D eigenvalue weighted by Crippen LogP contribution is 2.38. The minimum Gasteiger partial charge on any atom is -0.342 e. The van der Waals surface area contributed by atoms with Crippen LogP contribution in [0.4, 0.5) is 10.1 Å². The summed E-state index contributed by atoms with van der Waals surface area (Å²) in [4.78, 5) is 14.8. The third kappa shape index (κ3) is 4.08. The summed E-state index contributed by atoms with van der Waals surface area (Å²) in [6, 6.07) is 19.4. The van der Waals surface area contributed by atoms with E-state index >= 15 is 0 Å². The lowest BCUT2D eigenvalue weighted by Gasteiger charge is -2.14. The van der Waals surface area contributed by atoms with E-state index in [4.69, 9.17) is 35.4 Å². The van der Waals surface area contributed by atoms with Crippen LogP contribution in [0.2, 0.25) is 10.0 Å². The van der Waals surface area contributed by atoms with Crippen LogP contribution in [0.15, 0.2) is 77.8 Å². The first-order valence-electron chi connectivity index (χ1n) is 9.97. The Morgan fingerprint density at radius 3 is 2.42 bits per heavy atom. The highest BCUT2D eigenvalue weighted by Gasteiger charge is 2.34. The van der Waals surface area contributed by atoms with E-state index in [9.17, 15) is 9.18 Å². The number of thioether (sulfide) groups is 1. The first kappa shape index (κ1) is 22.2.